The number of hydrogen-bond donors (Lipinski definition) is 1. The predicted octanol–water partition coefficient (Wildman–Crippen LogP) is 3.53. The lowest BCUT2D eigenvalue weighted by Crippen LogP contribution is -2.53. The number of likely N-dealkylation sites (tertiary alicyclic amines) is 1. The van der Waals surface area contributed by atoms with Crippen molar-refractivity contribution in [2.24, 2.45) is 5.92 Å². The van der Waals surface area contributed by atoms with E-state index in [4.69, 9.17) is 0 Å². The van der Waals surface area contributed by atoms with Crippen molar-refractivity contribution < 1.29 is 4.79 Å². The smallest absolute Gasteiger partial charge is 0.240 e. The predicted molar refractivity (Wildman–Crippen MR) is 120 cm³/mol. The number of piperidine rings is 1. The number of carbonyl (C=O) groups excluding carboxylic acids is 1. The SMILES string of the molecule is CC(C(=O)N1C2CCNCC1CC2)N1CCC(Cc2ccccc2)CC1.Cl.Cl. The summed E-state index contributed by atoms with van der Waals surface area (Å²) in [5.74, 6) is 1.14. The van der Waals surface area contributed by atoms with Gasteiger partial charge in [0.1, 0.15) is 0 Å². The Morgan fingerprint density at radius 1 is 1.04 bits per heavy atom. The van der Waals surface area contributed by atoms with Crippen LogP contribution in [0, 0.1) is 5.92 Å². The highest BCUT2D eigenvalue weighted by atomic mass is 35.5. The molecule has 2 bridgehead atoms. The third-order valence-electron chi connectivity index (χ3n) is 6.83. The molecule has 0 aromatic heterocycles. The van der Waals surface area contributed by atoms with Gasteiger partial charge in [0.05, 0.1) is 6.04 Å². The van der Waals surface area contributed by atoms with Gasteiger partial charge in [-0.05, 0) is 76.6 Å². The fourth-order valence-electron chi connectivity index (χ4n) is 5.21. The van der Waals surface area contributed by atoms with Crippen LogP contribution in [0.3, 0.4) is 0 Å². The summed E-state index contributed by atoms with van der Waals surface area (Å²) in [5, 5.41) is 3.50. The maximum absolute atomic E-state index is 13.2. The van der Waals surface area contributed by atoms with Gasteiger partial charge in [0.2, 0.25) is 5.91 Å². The Bertz CT molecular complexity index is 593. The van der Waals surface area contributed by atoms with E-state index in [9.17, 15) is 4.79 Å². The topological polar surface area (TPSA) is 35.6 Å². The van der Waals surface area contributed by atoms with E-state index in [1.807, 2.05) is 0 Å². The lowest BCUT2D eigenvalue weighted by molar-refractivity contribution is -0.139. The second-order valence-corrected chi connectivity index (χ2v) is 8.47. The van der Waals surface area contributed by atoms with Crippen LogP contribution >= 0.6 is 24.8 Å². The van der Waals surface area contributed by atoms with Crippen molar-refractivity contribution in [1.29, 1.82) is 0 Å². The quantitative estimate of drug-likeness (QED) is 0.797. The Morgan fingerprint density at radius 2 is 1.71 bits per heavy atom. The van der Waals surface area contributed by atoms with Crippen LogP contribution in [0.15, 0.2) is 30.3 Å². The first-order valence-corrected chi connectivity index (χ1v) is 10.5. The van der Waals surface area contributed by atoms with E-state index < -0.39 is 0 Å². The van der Waals surface area contributed by atoms with Gasteiger partial charge in [-0.1, -0.05) is 30.3 Å². The second-order valence-electron chi connectivity index (χ2n) is 8.47. The van der Waals surface area contributed by atoms with Crippen LogP contribution in [0.2, 0.25) is 0 Å². The fraction of sp³-hybridized carbons (Fsp3) is 0.682. The molecule has 4 rings (SSSR count). The van der Waals surface area contributed by atoms with Crippen LogP contribution in [-0.4, -0.2) is 60.0 Å². The van der Waals surface area contributed by atoms with Crippen LogP contribution in [0.25, 0.3) is 0 Å². The molecule has 4 nitrogen and oxygen atoms in total. The first-order valence-electron chi connectivity index (χ1n) is 10.5. The monoisotopic (exact) mass is 427 g/mol. The molecule has 3 atom stereocenters. The summed E-state index contributed by atoms with van der Waals surface area (Å²) in [5.41, 5.74) is 1.45. The molecule has 1 aromatic carbocycles. The molecule has 3 saturated heterocycles. The number of halogens is 2. The van der Waals surface area contributed by atoms with Crippen molar-refractivity contribution in [3.05, 3.63) is 35.9 Å². The number of benzene rings is 1. The number of amides is 1. The molecule has 0 spiro atoms. The van der Waals surface area contributed by atoms with Crippen LogP contribution in [0.4, 0.5) is 0 Å². The van der Waals surface area contributed by atoms with Crippen molar-refractivity contribution in [3.63, 3.8) is 0 Å². The average Bonchev–Trinajstić information content (AvgIpc) is 2.94. The van der Waals surface area contributed by atoms with Crippen molar-refractivity contribution in [3.8, 4) is 0 Å². The highest BCUT2D eigenvalue weighted by molar-refractivity contribution is 5.85. The van der Waals surface area contributed by atoms with E-state index >= 15 is 0 Å². The third-order valence-corrected chi connectivity index (χ3v) is 6.83. The standard InChI is InChI=1S/C22H33N3O.2ClH/c1-17(22(26)25-20-7-8-21(25)16-23-12-9-20)24-13-10-19(11-14-24)15-18-5-3-2-4-6-18;;/h2-6,17,19-21,23H,7-16H2,1H3;2*1H. The minimum absolute atomic E-state index is 0. The molecule has 3 heterocycles. The van der Waals surface area contributed by atoms with Crippen LogP contribution < -0.4 is 5.32 Å². The molecule has 3 unspecified atom stereocenters. The minimum Gasteiger partial charge on any atom is -0.334 e. The van der Waals surface area contributed by atoms with Gasteiger partial charge in [-0.2, -0.15) is 0 Å². The first-order chi connectivity index (χ1) is 12.7. The largest absolute Gasteiger partial charge is 0.334 e. The minimum atomic E-state index is 0. The Kier molecular flexibility index (Phi) is 9.07. The summed E-state index contributed by atoms with van der Waals surface area (Å²) in [4.78, 5) is 17.9. The van der Waals surface area contributed by atoms with Gasteiger partial charge in [0, 0.05) is 18.6 Å². The zero-order chi connectivity index (χ0) is 17.9. The lowest BCUT2D eigenvalue weighted by atomic mass is 9.89. The van der Waals surface area contributed by atoms with Gasteiger partial charge in [-0.15, -0.1) is 24.8 Å². The number of fused-ring (bicyclic) bond motifs is 2. The molecule has 158 valence electrons. The number of nitrogens with one attached hydrogen (secondary N) is 1. The molecule has 3 aliphatic rings. The summed E-state index contributed by atoms with van der Waals surface area (Å²) in [7, 11) is 0. The van der Waals surface area contributed by atoms with Crippen LogP contribution in [-0.2, 0) is 11.2 Å². The second kappa shape index (κ2) is 10.8. The number of nitrogens with zero attached hydrogens (tertiary/aromatic N) is 2. The molecule has 0 aliphatic carbocycles. The van der Waals surface area contributed by atoms with Gasteiger partial charge in [-0.3, -0.25) is 9.69 Å². The van der Waals surface area contributed by atoms with Crippen molar-refractivity contribution in [2.75, 3.05) is 26.2 Å². The molecule has 1 amide bonds. The van der Waals surface area contributed by atoms with E-state index in [0.717, 1.165) is 38.5 Å². The van der Waals surface area contributed by atoms with Crippen molar-refractivity contribution in [1.82, 2.24) is 15.1 Å². The Balaban J connectivity index is 0.00000140. The lowest BCUT2D eigenvalue weighted by Gasteiger charge is -2.39. The molecule has 0 radical (unpaired) electrons. The molecule has 6 heteroatoms. The summed E-state index contributed by atoms with van der Waals surface area (Å²) in [6.07, 6.45) is 7.09. The summed E-state index contributed by atoms with van der Waals surface area (Å²) in [6.45, 7) is 6.30. The molecular formula is C22H35Cl2N3O. The Hall–Kier alpha value is -0.810. The summed E-state index contributed by atoms with van der Waals surface area (Å²) in [6, 6.07) is 11.8. The molecule has 0 saturated carbocycles. The van der Waals surface area contributed by atoms with Gasteiger partial charge in [-0.25, -0.2) is 0 Å². The van der Waals surface area contributed by atoms with E-state index in [2.05, 4.69) is 52.4 Å². The maximum atomic E-state index is 13.2. The Labute approximate surface area is 182 Å². The van der Waals surface area contributed by atoms with E-state index in [1.165, 1.54) is 37.7 Å². The van der Waals surface area contributed by atoms with E-state index in [-0.39, 0.29) is 30.9 Å². The summed E-state index contributed by atoms with van der Waals surface area (Å²) >= 11 is 0. The number of hydrogen-bond acceptors (Lipinski definition) is 3. The molecular weight excluding hydrogens is 393 g/mol. The normalized spacial score (nSPS) is 26.7. The van der Waals surface area contributed by atoms with Crippen LogP contribution in [0.5, 0.6) is 0 Å². The highest BCUT2D eigenvalue weighted by Gasteiger charge is 2.41. The van der Waals surface area contributed by atoms with Gasteiger partial charge >= 0.3 is 0 Å². The van der Waals surface area contributed by atoms with E-state index in [0.29, 0.717) is 18.0 Å². The van der Waals surface area contributed by atoms with E-state index in [1.54, 1.807) is 0 Å². The van der Waals surface area contributed by atoms with Gasteiger partial charge < -0.3 is 10.2 Å². The third kappa shape index (κ3) is 5.21. The molecule has 3 fully saturated rings. The molecule has 28 heavy (non-hydrogen) atoms. The highest BCUT2D eigenvalue weighted by Crippen LogP contribution is 2.30. The number of carbonyl (C=O) groups is 1. The van der Waals surface area contributed by atoms with Gasteiger partial charge in [0.15, 0.2) is 0 Å². The summed E-state index contributed by atoms with van der Waals surface area (Å²) < 4.78 is 0. The maximum Gasteiger partial charge on any atom is 0.240 e. The number of rotatable bonds is 4. The Morgan fingerprint density at radius 3 is 2.43 bits per heavy atom. The van der Waals surface area contributed by atoms with Gasteiger partial charge in [0.25, 0.3) is 0 Å². The molecule has 1 N–H and O–H groups in total. The zero-order valence-corrected chi connectivity index (χ0v) is 18.5. The van der Waals surface area contributed by atoms with Crippen molar-refractivity contribution >= 4 is 30.7 Å². The zero-order valence-electron chi connectivity index (χ0n) is 16.9. The first kappa shape index (κ1) is 23.5. The van der Waals surface area contributed by atoms with Crippen molar-refractivity contribution in [2.45, 2.75) is 63.6 Å². The fourth-order valence-corrected chi connectivity index (χ4v) is 5.21. The molecule has 1 aromatic rings. The average molecular weight is 428 g/mol. The molecule has 3 aliphatic heterocycles. The van der Waals surface area contributed by atoms with Crippen LogP contribution in [0.1, 0.15) is 44.6 Å².